The van der Waals surface area contributed by atoms with Crippen LogP contribution < -0.4 is 5.32 Å². The lowest BCUT2D eigenvalue weighted by molar-refractivity contribution is 1.09. The zero-order chi connectivity index (χ0) is 14.2. The number of benzene rings is 2. The number of nitrogens with one attached hydrogen (secondary N) is 1. The molecule has 0 amide bonds. The number of para-hydroxylation sites is 2. The number of hydrogen-bond donors (Lipinski definition) is 1. The molecule has 5 nitrogen and oxygen atoms in total. The van der Waals surface area contributed by atoms with E-state index in [0.29, 0.717) is 11.0 Å². The molecule has 0 aliphatic rings. The standard InChI is InChI=1S/C15H10ClN5/c16-11-6-2-4-8-13(11)19-15-18-12-7-3-1-5-10(12)14-20-17-9-21(14)15/h1-9H,(H,18,19). The summed E-state index contributed by atoms with van der Waals surface area (Å²) in [7, 11) is 0. The topological polar surface area (TPSA) is 55.1 Å². The van der Waals surface area contributed by atoms with Crippen molar-refractivity contribution in [3.8, 4) is 0 Å². The van der Waals surface area contributed by atoms with Crippen LogP contribution in [0.1, 0.15) is 0 Å². The van der Waals surface area contributed by atoms with Crippen LogP contribution in [0.15, 0.2) is 54.9 Å². The van der Waals surface area contributed by atoms with Gasteiger partial charge in [0.1, 0.15) is 6.33 Å². The van der Waals surface area contributed by atoms with Gasteiger partial charge in [0.15, 0.2) is 5.65 Å². The Bertz CT molecular complexity index is 947. The van der Waals surface area contributed by atoms with Crippen LogP contribution in [0, 0.1) is 0 Å². The first-order valence-corrected chi connectivity index (χ1v) is 6.81. The fraction of sp³-hybridized carbons (Fsp3) is 0. The molecule has 0 atom stereocenters. The predicted molar refractivity (Wildman–Crippen MR) is 83.0 cm³/mol. The van der Waals surface area contributed by atoms with Crippen molar-refractivity contribution in [2.45, 2.75) is 0 Å². The molecular formula is C15H10ClN5. The van der Waals surface area contributed by atoms with Crippen LogP contribution in [0.5, 0.6) is 0 Å². The molecule has 0 aliphatic heterocycles. The Balaban J connectivity index is 1.95. The number of halogens is 1. The van der Waals surface area contributed by atoms with Crippen molar-refractivity contribution in [2.24, 2.45) is 0 Å². The van der Waals surface area contributed by atoms with Gasteiger partial charge in [-0.1, -0.05) is 35.9 Å². The molecule has 102 valence electrons. The summed E-state index contributed by atoms with van der Waals surface area (Å²) in [4.78, 5) is 4.63. The highest BCUT2D eigenvalue weighted by molar-refractivity contribution is 6.33. The Morgan fingerprint density at radius 3 is 2.71 bits per heavy atom. The second kappa shape index (κ2) is 4.71. The molecular weight excluding hydrogens is 286 g/mol. The van der Waals surface area contributed by atoms with Crippen molar-refractivity contribution in [1.29, 1.82) is 0 Å². The number of fused-ring (bicyclic) bond motifs is 3. The summed E-state index contributed by atoms with van der Waals surface area (Å²) < 4.78 is 1.81. The van der Waals surface area contributed by atoms with E-state index in [0.717, 1.165) is 22.2 Å². The first-order valence-electron chi connectivity index (χ1n) is 6.43. The monoisotopic (exact) mass is 295 g/mol. The van der Waals surface area contributed by atoms with E-state index in [1.165, 1.54) is 0 Å². The number of aromatic nitrogens is 4. The average Bonchev–Trinajstić information content (AvgIpc) is 3.00. The van der Waals surface area contributed by atoms with Crippen molar-refractivity contribution in [2.75, 3.05) is 5.32 Å². The van der Waals surface area contributed by atoms with Gasteiger partial charge in [0, 0.05) is 5.39 Å². The zero-order valence-corrected chi connectivity index (χ0v) is 11.6. The van der Waals surface area contributed by atoms with Gasteiger partial charge in [-0.3, -0.25) is 4.40 Å². The molecule has 0 saturated carbocycles. The van der Waals surface area contributed by atoms with Gasteiger partial charge in [0.05, 0.1) is 16.2 Å². The van der Waals surface area contributed by atoms with Crippen LogP contribution in [0.25, 0.3) is 16.6 Å². The van der Waals surface area contributed by atoms with E-state index in [1.54, 1.807) is 6.33 Å². The van der Waals surface area contributed by atoms with Crippen LogP contribution >= 0.6 is 11.6 Å². The molecule has 2 heterocycles. The zero-order valence-electron chi connectivity index (χ0n) is 10.9. The summed E-state index contributed by atoms with van der Waals surface area (Å²) in [5.41, 5.74) is 2.40. The molecule has 0 radical (unpaired) electrons. The fourth-order valence-corrected chi connectivity index (χ4v) is 2.46. The number of hydrogen-bond acceptors (Lipinski definition) is 4. The third kappa shape index (κ3) is 1.98. The Labute approximate surface area is 125 Å². The van der Waals surface area contributed by atoms with E-state index in [1.807, 2.05) is 52.9 Å². The van der Waals surface area contributed by atoms with Gasteiger partial charge < -0.3 is 5.32 Å². The molecule has 1 N–H and O–H groups in total. The molecule has 2 aromatic heterocycles. The van der Waals surface area contributed by atoms with Crippen molar-refractivity contribution >= 4 is 39.8 Å². The van der Waals surface area contributed by atoms with E-state index in [-0.39, 0.29) is 0 Å². The maximum atomic E-state index is 6.19. The SMILES string of the molecule is Clc1ccccc1Nc1nc2ccccc2c2nncn12. The van der Waals surface area contributed by atoms with Crippen molar-refractivity contribution in [3.05, 3.63) is 59.9 Å². The smallest absolute Gasteiger partial charge is 0.215 e. The highest BCUT2D eigenvalue weighted by Crippen LogP contribution is 2.26. The Kier molecular flexibility index (Phi) is 2.72. The average molecular weight is 296 g/mol. The van der Waals surface area contributed by atoms with Gasteiger partial charge >= 0.3 is 0 Å². The first-order chi connectivity index (χ1) is 10.3. The van der Waals surface area contributed by atoms with E-state index in [9.17, 15) is 0 Å². The third-order valence-corrected chi connectivity index (χ3v) is 3.60. The summed E-state index contributed by atoms with van der Waals surface area (Å²) in [6, 6.07) is 15.4. The number of anilines is 2. The molecule has 21 heavy (non-hydrogen) atoms. The van der Waals surface area contributed by atoms with Gasteiger partial charge in [0.2, 0.25) is 5.95 Å². The van der Waals surface area contributed by atoms with Crippen molar-refractivity contribution in [3.63, 3.8) is 0 Å². The van der Waals surface area contributed by atoms with Gasteiger partial charge in [0.25, 0.3) is 0 Å². The first kappa shape index (κ1) is 12.1. The molecule has 2 aromatic carbocycles. The van der Waals surface area contributed by atoms with Crippen LogP contribution in [-0.2, 0) is 0 Å². The largest absolute Gasteiger partial charge is 0.324 e. The maximum absolute atomic E-state index is 6.19. The summed E-state index contributed by atoms with van der Waals surface area (Å²) >= 11 is 6.19. The van der Waals surface area contributed by atoms with Crippen molar-refractivity contribution < 1.29 is 0 Å². The lowest BCUT2D eigenvalue weighted by Crippen LogP contribution is -2.02. The highest BCUT2D eigenvalue weighted by Gasteiger charge is 2.10. The van der Waals surface area contributed by atoms with E-state index in [4.69, 9.17) is 11.6 Å². The lowest BCUT2D eigenvalue weighted by Gasteiger charge is -2.10. The van der Waals surface area contributed by atoms with Crippen LogP contribution in [0.3, 0.4) is 0 Å². The van der Waals surface area contributed by atoms with E-state index in [2.05, 4.69) is 20.5 Å². The summed E-state index contributed by atoms with van der Waals surface area (Å²) in [5.74, 6) is 0.627. The Hall–Kier alpha value is -2.66. The molecule has 0 fully saturated rings. The fourth-order valence-electron chi connectivity index (χ4n) is 2.27. The maximum Gasteiger partial charge on any atom is 0.215 e. The van der Waals surface area contributed by atoms with Crippen LogP contribution in [-0.4, -0.2) is 19.6 Å². The summed E-state index contributed by atoms with van der Waals surface area (Å²) in [6.45, 7) is 0. The number of nitrogens with zero attached hydrogens (tertiary/aromatic N) is 4. The Morgan fingerprint density at radius 2 is 1.81 bits per heavy atom. The highest BCUT2D eigenvalue weighted by atomic mass is 35.5. The minimum atomic E-state index is 0.627. The van der Waals surface area contributed by atoms with Crippen molar-refractivity contribution in [1.82, 2.24) is 19.6 Å². The molecule has 0 bridgehead atoms. The number of rotatable bonds is 2. The second-order valence-corrected chi connectivity index (χ2v) is 4.99. The predicted octanol–water partition coefficient (Wildman–Crippen LogP) is 3.67. The molecule has 0 aliphatic carbocycles. The van der Waals surface area contributed by atoms with Gasteiger partial charge in [-0.05, 0) is 24.3 Å². The normalized spacial score (nSPS) is 11.1. The van der Waals surface area contributed by atoms with Gasteiger partial charge in [-0.2, -0.15) is 0 Å². The minimum absolute atomic E-state index is 0.627. The Morgan fingerprint density at radius 1 is 1.00 bits per heavy atom. The minimum Gasteiger partial charge on any atom is -0.324 e. The molecule has 6 heteroatoms. The van der Waals surface area contributed by atoms with Gasteiger partial charge in [-0.25, -0.2) is 4.98 Å². The van der Waals surface area contributed by atoms with E-state index >= 15 is 0 Å². The molecule has 0 unspecified atom stereocenters. The quantitative estimate of drug-likeness (QED) is 0.613. The second-order valence-electron chi connectivity index (χ2n) is 4.58. The van der Waals surface area contributed by atoms with Gasteiger partial charge in [-0.15, -0.1) is 10.2 Å². The van der Waals surface area contributed by atoms with E-state index < -0.39 is 0 Å². The third-order valence-electron chi connectivity index (χ3n) is 3.27. The lowest BCUT2D eigenvalue weighted by atomic mass is 10.2. The molecule has 4 rings (SSSR count). The molecule has 0 spiro atoms. The molecule has 0 saturated heterocycles. The van der Waals surface area contributed by atoms with Crippen LogP contribution in [0.2, 0.25) is 5.02 Å². The molecule has 4 aromatic rings. The summed E-state index contributed by atoms with van der Waals surface area (Å²) in [5, 5.41) is 13.0. The summed E-state index contributed by atoms with van der Waals surface area (Å²) in [6.07, 6.45) is 1.63. The van der Waals surface area contributed by atoms with Crippen LogP contribution in [0.4, 0.5) is 11.6 Å².